The topological polar surface area (TPSA) is 89.1 Å². The van der Waals surface area contributed by atoms with E-state index in [9.17, 15) is 4.79 Å². The maximum absolute atomic E-state index is 11.4. The van der Waals surface area contributed by atoms with Gasteiger partial charge in [-0.2, -0.15) is 0 Å². The van der Waals surface area contributed by atoms with E-state index in [1.54, 1.807) is 14.0 Å². The highest BCUT2D eigenvalue weighted by molar-refractivity contribution is 5.84. The third-order valence-electron chi connectivity index (χ3n) is 2.75. The first kappa shape index (κ1) is 14.8. The zero-order chi connectivity index (χ0) is 15.1. The van der Waals surface area contributed by atoms with E-state index in [0.29, 0.717) is 25.4 Å². The average Bonchev–Trinajstić information content (AvgIpc) is 2.97. The van der Waals surface area contributed by atoms with Crippen molar-refractivity contribution in [2.45, 2.75) is 13.3 Å². The van der Waals surface area contributed by atoms with E-state index in [1.165, 1.54) is 0 Å². The van der Waals surface area contributed by atoms with Crippen LogP contribution in [0.3, 0.4) is 0 Å². The number of nitrogens with zero attached hydrogens (tertiary/aromatic N) is 2. The van der Waals surface area contributed by atoms with Crippen molar-refractivity contribution in [2.75, 3.05) is 25.6 Å². The Labute approximate surface area is 122 Å². The Bertz CT molecular complexity index is 597. The van der Waals surface area contributed by atoms with Gasteiger partial charge in [0.25, 0.3) is 5.82 Å². The number of H-pyrrole nitrogens is 1. The molecule has 0 spiro atoms. The summed E-state index contributed by atoms with van der Waals surface area (Å²) in [4.78, 5) is 15.5. The highest BCUT2D eigenvalue weighted by Crippen LogP contribution is 2.16. The van der Waals surface area contributed by atoms with Crippen LogP contribution in [0.15, 0.2) is 24.3 Å². The number of benzene rings is 1. The highest BCUT2D eigenvalue weighted by atomic mass is 16.5. The van der Waals surface area contributed by atoms with E-state index in [1.807, 2.05) is 24.3 Å². The van der Waals surface area contributed by atoms with Crippen molar-refractivity contribution < 1.29 is 14.3 Å². The molecule has 0 atom stereocenters. The molecular formula is C14H18N4O3. The van der Waals surface area contributed by atoms with Crippen LogP contribution >= 0.6 is 0 Å². The summed E-state index contributed by atoms with van der Waals surface area (Å²) < 4.78 is 9.98. The smallest absolute Gasteiger partial charge is 0.378 e. The number of rotatable bonds is 7. The normalized spacial score (nSPS) is 10.2. The van der Waals surface area contributed by atoms with Crippen molar-refractivity contribution in [1.29, 1.82) is 0 Å². The Morgan fingerprint density at radius 1 is 1.43 bits per heavy atom. The van der Waals surface area contributed by atoms with Crippen molar-refractivity contribution >= 4 is 11.7 Å². The van der Waals surface area contributed by atoms with Crippen LogP contribution in [0.5, 0.6) is 5.75 Å². The van der Waals surface area contributed by atoms with Gasteiger partial charge in [0.15, 0.2) is 0 Å². The fourth-order valence-corrected chi connectivity index (χ4v) is 1.75. The van der Waals surface area contributed by atoms with Gasteiger partial charge in [0.05, 0.1) is 13.7 Å². The van der Waals surface area contributed by atoms with Crippen LogP contribution in [0, 0.1) is 0 Å². The molecule has 0 fully saturated rings. The SMILES string of the molecule is CCOC(=O)c1n[nH]c(CCNc2cccc(OC)c2)n1. The number of nitrogens with one attached hydrogen (secondary N) is 2. The molecule has 112 valence electrons. The second-order valence-corrected chi connectivity index (χ2v) is 4.23. The van der Waals surface area contributed by atoms with Gasteiger partial charge in [-0.1, -0.05) is 6.07 Å². The summed E-state index contributed by atoms with van der Waals surface area (Å²) >= 11 is 0. The number of ether oxygens (including phenoxy) is 2. The van der Waals surface area contributed by atoms with E-state index < -0.39 is 5.97 Å². The Morgan fingerprint density at radius 3 is 3.05 bits per heavy atom. The maximum Gasteiger partial charge on any atom is 0.378 e. The van der Waals surface area contributed by atoms with Gasteiger partial charge in [-0.05, 0) is 19.1 Å². The molecule has 21 heavy (non-hydrogen) atoms. The van der Waals surface area contributed by atoms with Gasteiger partial charge in [0.1, 0.15) is 11.6 Å². The van der Waals surface area contributed by atoms with E-state index in [4.69, 9.17) is 9.47 Å². The van der Waals surface area contributed by atoms with Crippen molar-refractivity contribution in [3.8, 4) is 5.75 Å². The molecule has 0 aliphatic carbocycles. The van der Waals surface area contributed by atoms with Gasteiger partial charge >= 0.3 is 5.97 Å². The molecule has 0 saturated heterocycles. The molecular weight excluding hydrogens is 272 g/mol. The van der Waals surface area contributed by atoms with Crippen molar-refractivity contribution in [3.63, 3.8) is 0 Å². The van der Waals surface area contributed by atoms with Crippen molar-refractivity contribution in [2.24, 2.45) is 0 Å². The predicted octanol–water partition coefficient (Wildman–Crippen LogP) is 1.64. The Hall–Kier alpha value is -2.57. The Balaban J connectivity index is 1.84. The van der Waals surface area contributed by atoms with Gasteiger partial charge in [0, 0.05) is 24.7 Å². The second kappa shape index (κ2) is 7.28. The molecule has 7 nitrogen and oxygen atoms in total. The number of esters is 1. The zero-order valence-corrected chi connectivity index (χ0v) is 12.0. The lowest BCUT2D eigenvalue weighted by Crippen LogP contribution is -2.08. The molecule has 0 aliphatic rings. The highest BCUT2D eigenvalue weighted by Gasteiger charge is 2.12. The summed E-state index contributed by atoms with van der Waals surface area (Å²) in [5, 5.41) is 9.80. The monoisotopic (exact) mass is 290 g/mol. The molecule has 0 bridgehead atoms. The van der Waals surface area contributed by atoms with Crippen molar-refractivity contribution in [1.82, 2.24) is 15.2 Å². The quantitative estimate of drug-likeness (QED) is 0.754. The lowest BCUT2D eigenvalue weighted by Gasteiger charge is -2.06. The van der Waals surface area contributed by atoms with Gasteiger partial charge in [-0.3, -0.25) is 5.10 Å². The number of hydrogen-bond acceptors (Lipinski definition) is 6. The number of aromatic nitrogens is 3. The lowest BCUT2D eigenvalue weighted by molar-refractivity contribution is 0.0512. The number of carbonyl (C=O) groups excluding carboxylic acids is 1. The molecule has 7 heteroatoms. The third-order valence-corrected chi connectivity index (χ3v) is 2.75. The van der Waals surface area contributed by atoms with Crippen LogP contribution in [0.25, 0.3) is 0 Å². The lowest BCUT2D eigenvalue weighted by atomic mass is 10.3. The van der Waals surface area contributed by atoms with Crippen LogP contribution in [-0.4, -0.2) is 41.4 Å². The summed E-state index contributed by atoms with van der Waals surface area (Å²) in [5.41, 5.74) is 0.958. The molecule has 0 unspecified atom stereocenters. The van der Waals surface area contributed by atoms with Crippen LogP contribution in [0.1, 0.15) is 23.4 Å². The van der Waals surface area contributed by atoms with Gasteiger partial charge < -0.3 is 14.8 Å². The number of hydrogen-bond donors (Lipinski definition) is 2. The molecule has 1 aromatic carbocycles. The van der Waals surface area contributed by atoms with E-state index in [2.05, 4.69) is 20.5 Å². The molecule has 2 N–H and O–H groups in total. The fourth-order valence-electron chi connectivity index (χ4n) is 1.75. The molecule has 1 aromatic heterocycles. The predicted molar refractivity (Wildman–Crippen MR) is 77.5 cm³/mol. The fraction of sp³-hybridized carbons (Fsp3) is 0.357. The third kappa shape index (κ3) is 4.20. The molecule has 2 rings (SSSR count). The molecule has 2 aromatic rings. The van der Waals surface area contributed by atoms with Crippen LogP contribution < -0.4 is 10.1 Å². The molecule has 0 saturated carbocycles. The van der Waals surface area contributed by atoms with E-state index in [-0.39, 0.29) is 5.82 Å². The van der Waals surface area contributed by atoms with Gasteiger partial charge in [-0.25, -0.2) is 9.78 Å². The van der Waals surface area contributed by atoms with Crippen molar-refractivity contribution in [3.05, 3.63) is 35.9 Å². The molecule has 0 amide bonds. The Kier molecular flexibility index (Phi) is 5.14. The molecule has 0 radical (unpaired) electrons. The van der Waals surface area contributed by atoms with Crippen LogP contribution in [-0.2, 0) is 11.2 Å². The Morgan fingerprint density at radius 2 is 2.29 bits per heavy atom. The minimum atomic E-state index is -0.513. The summed E-state index contributed by atoms with van der Waals surface area (Å²) in [6, 6.07) is 7.65. The standard InChI is InChI=1S/C14H18N4O3/c1-3-21-14(19)13-16-12(17-18-13)7-8-15-10-5-4-6-11(9-10)20-2/h4-6,9,15H,3,7-8H2,1-2H3,(H,16,17,18). The summed E-state index contributed by atoms with van der Waals surface area (Å²) in [7, 11) is 1.63. The maximum atomic E-state index is 11.4. The van der Waals surface area contributed by atoms with Crippen LogP contribution in [0.2, 0.25) is 0 Å². The van der Waals surface area contributed by atoms with Crippen LogP contribution in [0.4, 0.5) is 5.69 Å². The van der Waals surface area contributed by atoms with Gasteiger partial charge in [-0.15, -0.1) is 5.10 Å². The number of anilines is 1. The first-order valence-corrected chi connectivity index (χ1v) is 6.69. The number of methoxy groups -OCH3 is 1. The molecule has 1 heterocycles. The largest absolute Gasteiger partial charge is 0.497 e. The first-order valence-electron chi connectivity index (χ1n) is 6.69. The summed E-state index contributed by atoms with van der Waals surface area (Å²) in [6.45, 7) is 2.70. The summed E-state index contributed by atoms with van der Waals surface area (Å²) in [5.74, 6) is 0.978. The summed E-state index contributed by atoms with van der Waals surface area (Å²) in [6.07, 6.45) is 0.615. The minimum absolute atomic E-state index is 0.0632. The van der Waals surface area contributed by atoms with Gasteiger partial charge in [0.2, 0.25) is 0 Å². The first-order chi connectivity index (χ1) is 10.2. The average molecular weight is 290 g/mol. The zero-order valence-electron chi connectivity index (χ0n) is 12.0. The van der Waals surface area contributed by atoms with E-state index in [0.717, 1.165) is 11.4 Å². The van der Waals surface area contributed by atoms with E-state index >= 15 is 0 Å². The minimum Gasteiger partial charge on any atom is -0.497 e. The number of carbonyl (C=O) groups is 1. The number of aromatic amines is 1. The second-order valence-electron chi connectivity index (χ2n) is 4.23. The molecule has 0 aliphatic heterocycles.